The average molecular weight is 297 g/mol. The molecule has 0 atom stereocenters. The predicted molar refractivity (Wildman–Crippen MR) is 75.4 cm³/mol. The van der Waals surface area contributed by atoms with E-state index in [0.717, 1.165) is 6.07 Å². The summed E-state index contributed by atoms with van der Waals surface area (Å²) in [6.45, 7) is 6.11. The van der Waals surface area contributed by atoms with Crippen molar-refractivity contribution in [2.75, 3.05) is 13.1 Å². The van der Waals surface area contributed by atoms with Gasteiger partial charge >= 0.3 is 6.09 Å². The van der Waals surface area contributed by atoms with Gasteiger partial charge in [-0.15, -0.1) is 0 Å². The Morgan fingerprint density at radius 1 is 1.24 bits per heavy atom. The van der Waals surface area contributed by atoms with Crippen molar-refractivity contribution in [3.8, 4) is 0 Å². The Balaban J connectivity index is 2.18. The van der Waals surface area contributed by atoms with Crippen molar-refractivity contribution in [2.24, 2.45) is 0 Å². The minimum Gasteiger partial charge on any atom is -0.444 e. The highest BCUT2D eigenvalue weighted by atomic mass is 19.1. The van der Waals surface area contributed by atoms with Gasteiger partial charge in [0.05, 0.1) is 5.56 Å². The Hall–Kier alpha value is -2.18. The van der Waals surface area contributed by atoms with E-state index < -0.39 is 17.6 Å². The maximum atomic E-state index is 12.6. The molecule has 0 radical (unpaired) electrons. The lowest BCUT2D eigenvalue weighted by Crippen LogP contribution is -2.34. The topological polar surface area (TPSA) is 80.3 Å². The Bertz CT molecular complexity index is 483. The predicted octanol–water partition coefficient (Wildman–Crippen LogP) is 1.87. The molecular weight excluding hydrogens is 277 g/mol. The van der Waals surface area contributed by atoms with Crippen LogP contribution in [0, 0.1) is 5.95 Å². The van der Waals surface area contributed by atoms with Crippen LogP contribution in [-0.4, -0.2) is 35.7 Å². The molecule has 116 valence electrons. The third-order valence-corrected chi connectivity index (χ3v) is 2.30. The van der Waals surface area contributed by atoms with Crippen LogP contribution < -0.4 is 10.6 Å². The van der Waals surface area contributed by atoms with Crippen LogP contribution in [0.2, 0.25) is 0 Å². The Morgan fingerprint density at radius 3 is 2.48 bits per heavy atom. The number of carbonyl (C=O) groups is 2. The molecule has 1 heterocycles. The largest absolute Gasteiger partial charge is 0.444 e. The van der Waals surface area contributed by atoms with E-state index in [-0.39, 0.29) is 11.5 Å². The number of hydrogen-bond acceptors (Lipinski definition) is 4. The molecule has 0 aliphatic heterocycles. The van der Waals surface area contributed by atoms with Gasteiger partial charge in [0.2, 0.25) is 5.95 Å². The normalized spacial score (nSPS) is 10.9. The van der Waals surface area contributed by atoms with Crippen molar-refractivity contribution < 1.29 is 18.7 Å². The van der Waals surface area contributed by atoms with Gasteiger partial charge in [-0.1, -0.05) is 0 Å². The van der Waals surface area contributed by atoms with Crippen LogP contribution >= 0.6 is 0 Å². The van der Waals surface area contributed by atoms with E-state index in [2.05, 4.69) is 15.6 Å². The molecule has 0 bridgehead atoms. The fourth-order valence-corrected chi connectivity index (χ4v) is 1.41. The molecule has 0 fully saturated rings. The lowest BCUT2D eigenvalue weighted by atomic mass is 10.2. The van der Waals surface area contributed by atoms with Gasteiger partial charge in [0.25, 0.3) is 5.91 Å². The van der Waals surface area contributed by atoms with Gasteiger partial charge in [-0.3, -0.25) is 4.79 Å². The van der Waals surface area contributed by atoms with Crippen molar-refractivity contribution in [2.45, 2.75) is 32.8 Å². The second kappa shape index (κ2) is 7.56. The Kier molecular flexibility index (Phi) is 6.08. The second-order valence-electron chi connectivity index (χ2n) is 5.41. The minimum absolute atomic E-state index is 0.288. The molecule has 6 nitrogen and oxygen atoms in total. The van der Waals surface area contributed by atoms with Gasteiger partial charge < -0.3 is 15.4 Å². The number of rotatable bonds is 5. The standard InChI is InChI=1S/C14H20FN3O3/c1-14(2,3)21-13(20)17-8-4-7-16-12(19)10-5-6-11(15)18-9-10/h5-6,9H,4,7-8H2,1-3H3,(H,16,19)(H,17,20). The van der Waals surface area contributed by atoms with Gasteiger partial charge in [0.1, 0.15) is 5.60 Å². The zero-order valence-electron chi connectivity index (χ0n) is 12.4. The summed E-state index contributed by atoms with van der Waals surface area (Å²) in [6, 6.07) is 2.48. The number of hydrogen-bond donors (Lipinski definition) is 2. The number of halogens is 1. The number of amides is 2. The monoisotopic (exact) mass is 297 g/mol. The molecule has 0 saturated carbocycles. The first kappa shape index (κ1) is 16.9. The summed E-state index contributed by atoms with van der Waals surface area (Å²) in [4.78, 5) is 26.4. The summed E-state index contributed by atoms with van der Waals surface area (Å²) in [6.07, 6.45) is 1.24. The molecule has 1 rings (SSSR count). The fourth-order valence-electron chi connectivity index (χ4n) is 1.41. The van der Waals surface area contributed by atoms with E-state index >= 15 is 0 Å². The summed E-state index contributed by atoms with van der Waals surface area (Å²) >= 11 is 0. The summed E-state index contributed by atoms with van der Waals surface area (Å²) in [7, 11) is 0. The van der Waals surface area contributed by atoms with E-state index in [1.54, 1.807) is 20.8 Å². The lowest BCUT2D eigenvalue weighted by Gasteiger charge is -2.19. The SMILES string of the molecule is CC(C)(C)OC(=O)NCCCNC(=O)c1ccc(F)nc1. The third kappa shape index (κ3) is 7.24. The highest BCUT2D eigenvalue weighted by molar-refractivity contribution is 5.93. The number of carbonyl (C=O) groups excluding carboxylic acids is 2. The smallest absolute Gasteiger partial charge is 0.407 e. The summed E-state index contributed by atoms with van der Waals surface area (Å²) in [5, 5.41) is 5.23. The van der Waals surface area contributed by atoms with Crippen LogP contribution in [0.3, 0.4) is 0 Å². The van der Waals surface area contributed by atoms with Gasteiger partial charge in [-0.2, -0.15) is 4.39 Å². The van der Waals surface area contributed by atoms with Crippen LogP contribution in [0.4, 0.5) is 9.18 Å². The molecule has 2 amide bonds. The van der Waals surface area contributed by atoms with Crippen LogP contribution in [0.25, 0.3) is 0 Å². The summed E-state index contributed by atoms with van der Waals surface area (Å²) < 4.78 is 17.7. The van der Waals surface area contributed by atoms with E-state index in [0.29, 0.717) is 19.5 Å². The Morgan fingerprint density at radius 2 is 1.90 bits per heavy atom. The van der Waals surface area contributed by atoms with Gasteiger partial charge in [0, 0.05) is 19.3 Å². The maximum absolute atomic E-state index is 12.6. The number of nitrogens with one attached hydrogen (secondary N) is 2. The van der Waals surface area contributed by atoms with Crippen LogP contribution in [0.1, 0.15) is 37.6 Å². The van der Waals surface area contributed by atoms with E-state index in [1.165, 1.54) is 12.3 Å². The first-order valence-corrected chi connectivity index (χ1v) is 6.64. The molecule has 1 aromatic heterocycles. The first-order valence-electron chi connectivity index (χ1n) is 6.64. The molecule has 21 heavy (non-hydrogen) atoms. The van der Waals surface area contributed by atoms with E-state index in [9.17, 15) is 14.0 Å². The molecule has 0 aromatic carbocycles. The average Bonchev–Trinajstić information content (AvgIpc) is 2.36. The Labute approximate surface area is 123 Å². The van der Waals surface area contributed by atoms with Crippen LogP contribution in [-0.2, 0) is 4.74 Å². The van der Waals surface area contributed by atoms with Crippen LogP contribution in [0.5, 0.6) is 0 Å². The maximum Gasteiger partial charge on any atom is 0.407 e. The van der Waals surface area contributed by atoms with E-state index in [1.807, 2.05) is 0 Å². The fraction of sp³-hybridized carbons (Fsp3) is 0.500. The highest BCUT2D eigenvalue weighted by Crippen LogP contribution is 2.06. The zero-order chi connectivity index (χ0) is 15.9. The molecule has 0 aliphatic carbocycles. The summed E-state index contributed by atoms with van der Waals surface area (Å²) in [5.74, 6) is -0.965. The molecule has 0 saturated heterocycles. The molecule has 1 aromatic rings. The number of alkyl carbamates (subject to hydrolysis) is 1. The lowest BCUT2D eigenvalue weighted by molar-refractivity contribution is 0.0527. The van der Waals surface area contributed by atoms with Crippen molar-refractivity contribution in [3.63, 3.8) is 0 Å². The van der Waals surface area contributed by atoms with Crippen molar-refractivity contribution >= 4 is 12.0 Å². The van der Waals surface area contributed by atoms with Gasteiger partial charge in [0.15, 0.2) is 0 Å². The minimum atomic E-state index is -0.631. The summed E-state index contributed by atoms with van der Waals surface area (Å²) in [5.41, 5.74) is -0.245. The van der Waals surface area contributed by atoms with Crippen molar-refractivity contribution in [3.05, 3.63) is 29.8 Å². The molecular formula is C14H20FN3O3. The van der Waals surface area contributed by atoms with Gasteiger partial charge in [-0.05, 0) is 39.3 Å². The van der Waals surface area contributed by atoms with Gasteiger partial charge in [-0.25, -0.2) is 9.78 Å². The molecule has 2 N–H and O–H groups in total. The number of nitrogens with zero attached hydrogens (tertiary/aromatic N) is 1. The van der Waals surface area contributed by atoms with E-state index in [4.69, 9.17) is 4.74 Å². The van der Waals surface area contributed by atoms with Crippen molar-refractivity contribution in [1.82, 2.24) is 15.6 Å². The zero-order valence-corrected chi connectivity index (χ0v) is 12.4. The number of aromatic nitrogens is 1. The third-order valence-electron chi connectivity index (χ3n) is 2.30. The second-order valence-corrected chi connectivity index (χ2v) is 5.41. The molecule has 7 heteroatoms. The number of pyridine rings is 1. The van der Waals surface area contributed by atoms with Crippen LogP contribution in [0.15, 0.2) is 18.3 Å². The highest BCUT2D eigenvalue weighted by Gasteiger charge is 2.15. The first-order chi connectivity index (χ1) is 9.78. The molecule has 0 aliphatic rings. The number of ether oxygens (including phenoxy) is 1. The van der Waals surface area contributed by atoms with Crippen molar-refractivity contribution in [1.29, 1.82) is 0 Å². The quantitative estimate of drug-likeness (QED) is 0.642. The molecule has 0 unspecified atom stereocenters. The molecule has 0 spiro atoms.